The molecular weight excluding hydrogens is 416 g/mol. The van der Waals surface area contributed by atoms with Gasteiger partial charge in [-0.25, -0.2) is 0 Å². The van der Waals surface area contributed by atoms with Crippen LogP contribution in [0.1, 0.15) is 55.6 Å². The van der Waals surface area contributed by atoms with Gasteiger partial charge in [0, 0.05) is 31.3 Å². The summed E-state index contributed by atoms with van der Waals surface area (Å²) in [4.78, 5) is 31.1. The van der Waals surface area contributed by atoms with Crippen LogP contribution in [0, 0.1) is 5.92 Å². The second-order valence-corrected chi connectivity index (χ2v) is 10.8. The molecule has 0 radical (unpaired) electrons. The van der Waals surface area contributed by atoms with Crippen LogP contribution in [0.15, 0.2) is 60.7 Å². The summed E-state index contributed by atoms with van der Waals surface area (Å²) in [6.45, 7) is 2.30. The van der Waals surface area contributed by atoms with Crippen LogP contribution in [-0.4, -0.2) is 51.9 Å². The van der Waals surface area contributed by atoms with E-state index in [-0.39, 0.29) is 22.6 Å². The van der Waals surface area contributed by atoms with Gasteiger partial charge in [-0.1, -0.05) is 73.5 Å². The maximum atomic E-state index is 13.8. The lowest BCUT2D eigenvalue weighted by Gasteiger charge is -2.45. The first-order chi connectivity index (χ1) is 15.7. The smallest absolute Gasteiger partial charge is 0.234 e. The zero-order chi connectivity index (χ0) is 22.0. The second kappa shape index (κ2) is 9.30. The molecule has 0 N–H and O–H groups in total. The Hall–Kier alpha value is -2.27. The molecule has 3 aliphatic rings. The van der Waals surface area contributed by atoms with Gasteiger partial charge < -0.3 is 9.80 Å². The van der Waals surface area contributed by atoms with E-state index >= 15 is 0 Å². The molecule has 2 aromatic carbocycles. The zero-order valence-electron chi connectivity index (χ0n) is 18.6. The molecule has 168 valence electrons. The topological polar surface area (TPSA) is 40.6 Å². The number of hydrogen-bond acceptors (Lipinski definition) is 3. The van der Waals surface area contributed by atoms with Crippen LogP contribution in [0.5, 0.6) is 0 Å². The van der Waals surface area contributed by atoms with Crippen molar-refractivity contribution in [2.45, 2.75) is 49.3 Å². The highest BCUT2D eigenvalue weighted by Crippen LogP contribution is 2.46. The van der Waals surface area contributed by atoms with Crippen LogP contribution in [0.2, 0.25) is 0 Å². The van der Waals surface area contributed by atoms with Crippen LogP contribution >= 0.6 is 11.8 Å². The fourth-order valence-corrected chi connectivity index (χ4v) is 7.22. The maximum Gasteiger partial charge on any atom is 0.234 e. The zero-order valence-corrected chi connectivity index (χ0v) is 19.4. The van der Waals surface area contributed by atoms with E-state index in [1.807, 2.05) is 53.1 Å². The summed E-state index contributed by atoms with van der Waals surface area (Å²) >= 11 is 1.94. The minimum Gasteiger partial charge on any atom is -0.342 e. The van der Waals surface area contributed by atoms with Gasteiger partial charge in [-0.3, -0.25) is 9.59 Å². The Morgan fingerprint density at radius 2 is 1.41 bits per heavy atom. The average molecular weight is 449 g/mol. The molecule has 2 aromatic rings. The van der Waals surface area contributed by atoms with Crippen molar-refractivity contribution in [3.63, 3.8) is 0 Å². The lowest BCUT2D eigenvalue weighted by atomic mass is 9.89. The molecule has 0 bridgehead atoms. The van der Waals surface area contributed by atoms with Gasteiger partial charge in [0.05, 0.1) is 10.8 Å². The van der Waals surface area contributed by atoms with Crippen molar-refractivity contribution < 1.29 is 9.59 Å². The van der Waals surface area contributed by atoms with Gasteiger partial charge in [0.15, 0.2) is 0 Å². The highest BCUT2D eigenvalue weighted by Gasteiger charge is 2.48. The molecule has 1 saturated carbocycles. The van der Waals surface area contributed by atoms with Gasteiger partial charge in [-0.05, 0) is 36.8 Å². The van der Waals surface area contributed by atoms with Crippen LogP contribution in [0.3, 0.4) is 0 Å². The first-order valence-electron chi connectivity index (χ1n) is 12.0. The first kappa shape index (κ1) is 21.6. The predicted molar refractivity (Wildman–Crippen MR) is 129 cm³/mol. The van der Waals surface area contributed by atoms with Crippen molar-refractivity contribution in [2.24, 2.45) is 5.92 Å². The summed E-state index contributed by atoms with van der Waals surface area (Å²) in [5.41, 5.74) is 2.08. The molecule has 5 heteroatoms. The van der Waals surface area contributed by atoms with E-state index in [2.05, 4.69) is 29.2 Å². The predicted octanol–water partition coefficient (Wildman–Crippen LogP) is 4.90. The van der Waals surface area contributed by atoms with Gasteiger partial charge in [0.25, 0.3) is 0 Å². The Labute approximate surface area is 195 Å². The summed E-state index contributed by atoms with van der Waals surface area (Å²) in [6.07, 6.45) is 6.23. The normalized spacial score (nSPS) is 20.9. The molecule has 0 aromatic heterocycles. The minimum absolute atomic E-state index is 0.106. The summed E-state index contributed by atoms with van der Waals surface area (Å²) in [7, 11) is 0. The highest BCUT2D eigenvalue weighted by atomic mass is 32.2. The van der Waals surface area contributed by atoms with Crippen molar-refractivity contribution in [2.75, 3.05) is 25.4 Å². The molecule has 5 rings (SSSR count). The molecule has 4 nitrogen and oxygen atoms in total. The summed E-state index contributed by atoms with van der Waals surface area (Å²) in [6, 6.07) is 20.2. The number of carbonyl (C=O) groups is 2. The highest BCUT2D eigenvalue weighted by molar-refractivity contribution is 8.00. The van der Waals surface area contributed by atoms with Gasteiger partial charge in [0.2, 0.25) is 11.8 Å². The summed E-state index contributed by atoms with van der Waals surface area (Å²) in [5.74, 6) is 1.51. The van der Waals surface area contributed by atoms with Gasteiger partial charge >= 0.3 is 0 Å². The first-order valence-corrected chi connectivity index (χ1v) is 13.0. The largest absolute Gasteiger partial charge is 0.342 e. The van der Waals surface area contributed by atoms with Gasteiger partial charge in [0.1, 0.15) is 0 Å². The van der Waals surface area contributed by atoms with Gasteiger partial charge in [-0.15, -0.1) is 11.8 Å². The molecule has 3 fully saturated rings. The van der Waals surface area contributed by atoms with E-state index in [1.54, 1.807) is 0 Å². The van der Waals surface area contributed by atoms with Crippen LogP contribution in [0.4, 0.5) is 0 Å². The van der Waals surface area contributed by atoms with E-state index in [0.29, 0.717) is 5.91 Å². The molecule has 2 aliphatic heterocycles. The standard InChI is InChI=1S/C27H32N2O2S/c30-25(23-13-7-8-14-23)29-19-20-32-27(29)15-17-28(18-16-27)26(31)24(21-9-3-1-4-10-21)22-11-5-2-6-12-22/h1-6,9-12,23-24H,7-8,13-20H2. The number of amides is 2. The SMILES string of the molecule is O=C(C(c1ccccc1)c1ccccc1)N1CCC2(CC1)SCCN2C(=O)C1CCCC1. The Balaban J connectivity index is 1.32. The molecule has 32 heavy (non-hydrogen) atoms. The molecule has 1 aliphatic carbocycles. The van der Waals surface area contributed by atoms with Crippen molar-refractivity contribution in [3.05, 3.63) is 71.8 Å². The molecule has 2 amide bonds. The number of benzene rings is 2. The van der Waals surface area contributed by atoms with E-state index < -0.39 is 0 Å². The number of likely N-dealkylation sites (tertiary alicyclic amines) is 1. The van der Waals surface area contributed by atoms with E-state index in [1.165, 1.54) is 12.8 Å². The fraction of sp³-hybridized carbons (Fsp3) is 0.481. The van der Waals surface area contributed by atoms with Gasteiger partial charge in [-0.2, -0.15) is 0 Å². The number of nitrogens with zero attached hydrogens (tertiary/aromatic N) is 2. The number of hydrogen-bond donors (Lipinski definition) is 0. The Kier molecular flexibility index (Phi) is 6.27. The Bertz CT molecular complexity index is 895. The lowest BCUT2D eigenvalue weighted by Crippen LogP contribution is -2.55. The number of piperidine rings is 1. The van der Waals surface area contributed by atoms with Crippen molar-refractivity contribution >= 4 is 23.6 Å². The molecule has 1 spiro atoms. The fourth-order valence-electron chi connectivity index (χ4n) is 5.75. The van der Waals surface area contributed by atoms with Crippen molar-refractivity contribution in [1.29, 1.82) is 0 Å². The monoisotopic (exact) mass is 448 g/mol. The van der Waals surface area contributed by atoms with E-state index in [9.17, 15) is 9.59 Å². The number of rotatable bonds is 4. The second-order valence-electron chi connectivity index (χ2n) is 9.35. The number of thioether (sulfide) groups is 1. The Morgan fingerprint density at radius 3 is 1.97 bits per heavy atom. The maximum absolute atomic E-state index is 13.8. The molecule has 0 unspecified atom stereocenters. The van der Waals surface area contributed by atoms with Crippen molar-refractivity contribution in [3.8, 4) is 0 Å². The molecule has 0 atom stereocenters. The number of carbonyl (C=O) groups excluding carboxylic acids is 2. The van der Waals surface area contributed by atoms with Crippen LogP contribution < -0.4 is 0 Å². The minimum atomic E-state index is -0.279. The molecule has 2 heterocycles. The lowest BCUT2D eigenvalue weighted by molar-refractivity contribution is -0.140. The summed E-state index contributed by atoms with van der Waals surface area (Å²) in [5, 5.41) is 0. The Morgan fingerprint density at radius 1 is 0.844 bits per heavy atom. The van der Waals surface area contributed by atoms with Crippen molar-refractivity contribution in [1.82, 2.24) is 9.80 Å². The quantitative estimate of drug-likeness (QED) is 0.668. The summed E-state index contributed by atoms with van der Waals surface area (Å²) < 4.78 is 0. The third-order valence-corrected chi connectivity index (χ3v) is 9.07. The average Bonchev–Trinajstić information content (AvgIpc) is 3.52. The van der Waals surface area contributed by atoms with E-state index in [0.717, 1.165) is 62.2 Å². The third kappa shape index (κ3) is 4.07. The van der Waals surface area contributed by atoms with E-state index in [4.69, 9.17) is 0 Å². The third-order valence-electron chi connectivity index (χ3n) is 7.52. The molecular formula is C27H32N2O2S. The molecule has 2 saturated heterocycles. The van der Waals surface area contributed by atoms with Crippen LogP contribution in [-0.2, 0) is 9.59 Å². The van der Waals surface area contributed by atoms with Crippen LogP contribution in [0.25, 0.3) is 0 Å².